The minimum atomic E-state index is 0. The van der Waals surface area contributed by atoms with E-state index in [9.17, 15) is 0 Å². The first kappa shape index (κ1) is 54.0. The van der Waals surface area contributed by atoms with Crippen LogP contribution in [0.15, 0.2) is 52.4 Å². The van der Waals surface area contributed by atoms with E-state index in [4.69, 9.17) is 9.98 Å². The Balaban J connectivity index is 0.0000168. The zero-order valence-electron chi connectivity index (χ0n) is 38.8. The van der Waals surface area contributed by atoms with E-state index in [1.165, 1.54) is 201 Å². The largest absolute Gasteiger partial charge is 0.252 e. The number of unbranched alkanes of at least 4 members (excludes halogenated alkanes) is 23. The van der Waals surface area contributed by atoms with Crippen molar-refractivity contribution in [3.63, 3.8) is 0 Å². The normalized spacial score (nSPS) is 11.7. The van der Waals surface area contributed by atoms with Crippen LogP contribution in [0.25, 0.3) is 0 Å². The summed E-state index contributed by atoms with van der Waals surface area (Å²) in [4.78, 5) is 11.1. The van der Waals surface area contributed by atoms with Crippen molar-refractivity contribution in [2.24, 2.45) is 9.98 Å². The summed E-state index contributed by atoms with van der Waals surface area (Å²) in [5, 5.41) is 0. The van der Waals surface area contributed by atoms with Gasteiger partial charge in [0.2, 0.25) is 0 Å². The fourth-order valence-corrected chi connectivity index (χ4v) is 7.96. The van der Waals surface area contributed by atoms with Crippen LogP contribution >= 0.6 is 0 Å². The van der Waals surface area contributed by atoms with Gasteiger partial charge in [-0.05, 0) is 99.1 Å². The molecule has 58 heavy (non-hydrogen) atoms. The third kappa shape index (κ3) is 27.7. The number of rotatable bonds is 36. The Morgan fingerprint density at radius 1 is 0.414 bits per heavy atom. The summed E-state index contributed by atoms with van der Waals surface area (Å²) in [5.74, 6) is 7.03. The topological polar surface area (TPSA) is 24.7 Å². The van der Waals surface area contributed by atoms with Crippen molar-refractivity contribution in [2.75, 3.05) is 0 Å². The second kappa shape index (κ2) is 39.2. The molecule has 0 N–H and O–H groups in total. The third-order valence-corrected chi connectivity index (χ3v) is 11.6. The number of nitrogens with zero attached hydrogens (tertiary/aromatic N) is 2. The number of aryl methyl sites for hydroxylation is 3. The van der Waals surface area contributed by atoms with Crippen LogP contribution < -0.4 is 0 Å². The van der Waals surface area contributed by atoms with Crippen molar-refractivity contribution in [2.45, 2.75) is 253 Å². The minimum absolute atomic E-state index is 0. The Kier molecular flexibility index (Phi) is 36.5. The molecule has 0 bridgehead atoms. The van der Waals surface area contributed by atoms with E-state index in [-0.39, 0.29) is 20.4 Å². The van der Waals surface area contributed by atoms with E-state index >= 15 is 0 Å². The van der Waals surface area contributed by atoms with Crippen LogP contribution in [-0.4, -0.2) is 11.4 Å². The van der Waals surface area contributed by atoms with Gasteiger partial charge in [-0.3, -0.25) is 9.98 Å². The van der Waals surface area contributed by atoms with Gasteiger partial charge in [0.05, 0.1) is 22.8 Å². The van der Waals surface area contributed by atoms with E-state index in [1.54, 1.807) is 0 Å². The predicted octanol–water partition coefficient (Wildman–Crippen LogP) is 18.4. The van der Waals surface area contributed by atoms with Crippen LogP contribution in [0.5, 0.6) is 0 Å². The maximum atomic E-state index is 5.55. The molecule has 0 aromatic heterocycles. The molecule has 2 nitrogen and oxygen atoms in total. The molecule has 0 aliphatic rings. The summed E-state index contributed by atoms with van der Waals surface area (Å²) in [6.45, 7) is 11.5. The number of hydrogen-bond donors (Lipinski definition) is 0. The average Bonchev–Trinajstić information content (AvgIpc) is 3.22. The van der Waals surface area contributed by atoms with Crippen LogP contribution in [0.3, 0.4) is 0 Å². The number of benzene rings is 2. The standard InChI is InChI=1S/C55H90N2.Pd/c1-6-11-16-18-19-20-21-22-23-24-25-26-27-28-29-30-31-35-41-51-42-37-38-43-53(51)57-55(45-36-17-12-7-2)54(44-34-15-10-5)56-52-47-49(39-32-13-8-3)46-50(48-52)40-33-14-9-4;/h37-38,42-43,46-48H,6-29,32-36,39-41,44-45H2,1-5H3;/b56-54+,57-55+;. The molecule has 0 saturated heterocycles. The fourth-order valence-electron chi connectivity index (χ4n) is 7.96. The van der Waals surface area contributed by atoms with Crippen LogP contribution in [0, 0.1) is 11.8 Å². The van der Waals surface area contributed by atoms with Crippen LogP contribution in [0.4, 0.5) is 11.4 Å². The molecule has 0 aliphatic carbocycles. The number of hydrogen-bond acceptors (Lipinski definition) is 2. The Morgan fingerprint density at radius 3 is 1.38 bits per heavy atom. The monoisotopic (exact) mass is 885 g/mol. The van der Waals surface area contributed by atoms with Gasteiger partial charge in [-0.1, -0.05) is 200 Å². The molecule has 0 aliphatic heterocycles. The summed E-state index contributed by atoms with van der Waals surface area (Å²) < 4.78 is 0. The summed E-state index contributed by atoms with van der Waals surface area (Å²) in [7, 11) is 0. The Labute approximate surface area is 375 Å². The summed E-state index contributed by atoms with van der Waals surface area (Å²) >= 11 is 0. The molecule has 3 heteroatoms. The molecule has 0 spiro atoms. The first-order valence-corrected chi connectivity index (χ1v) is 25.0. The molecule has 2 aromatic rings. The molecule has 0 unspecified atom stereocenters. The molecule has 0 atom stereocenters. The predicted molar refractivity (Wildman–Crippen MR) is 257 cm³/mol. The summed E-state index contributed by atoms with van der Waals surface area (Å²) in [6.07, 6.45) is 43.0. The summed E-state index contributed by atoms with van der Waals surface area (Å²) in [5.41, 5.74) is 8.93. The first-order valence-electron chi connectivity index (χ1n) is 25.0. The van der Waals surface area contributed by atoms with Gasteiger partial charge in [0, 0.05) is 33.3 Å². The number of aliphatic imine (C=N–C) groups is 2. The summed E-state index contributed by atoms with van der Waals surface area (Å²) in [6, 6.07) is 16.1. The van der Waals surface area contributed by atoms with Crippen molar-refractivity contribution in [1.82, 2.24) is 0 Å². The van der Waals surface area contributed by atoms with Gasteiger partial charge in [-0.25, -0.2) is 0 Å². The number of para-hydroxylation sites is 1. The van der Waals surface area contributed by atoms with Crippen LogP contribution in [0.2, 0.25) is 0 Å². The van der Waals surface area contributed by atoms with Gasteiger partial charge in [-0.15, -0.1) is 11.8 Å². The zero-order chi connectivity index (χ0) is 40.9. The fraction of sp³-hybridized carbons (Fsp3) is 0.709. The maximum Gasteiger partial charge on any atom is 0.0666 e. The average molecular weight is 886 g/mol. The zero-order valence-corrected chi connectivity index (χ0v) is 40.3. The van der Waals surface area contributed by atoms with Gasteiger partial charge in [0.15, 0.2) is 0 Å². The van der Waals surface area contributed by atoms with Gasteiger partial charge < -0.3 is 0 Å². The van der Waals surface area contributed by atoms with Crippen molar-refractivity contribution in [3.8, 4) is 11.8 Å². The van der Waals surface area contributed by atoms with Crippen molar-refractivity contribution in [3.05, 3.63) is 59.2 Å². The Bertz CT molecular complexity index is 1350. The molecule has 0 amide bonds. The smallest absolute Gasteiger partial charge is 0.0666 e. The Hall–Kier alpha value is -2.00. The molecular weight excluding hydrogens is 795 g/mol. The van der Waals surface area contributed by atoms with Gasteiger partial charge >= 0.3 is 0 Å². The molecular formula is C55H90N2Pd. The van der Waals surface area contributed by atoms with E-state index in [2.05, 4.69) is 88.9 Å². The van der Waals surface area contributed by atoms with Gasteiger partial charge in [0.1, 0.15) is 0 Å². The maximum absolute atomic E-state index is 5.55. The van der Waals surface area contributed by atoms with E-state index < -0.39 is 0 Å². The van der Waals surface area contributed by atoms with Crippen molar-refractivity contribution in [1.29, 1.82) is 0 Å². The second-order valence-corrected chi connectivity index (χ2v) is 17.1. The van der Waals surface area contributed by atoms with E-state index in [1.807, 2.05) is 0 Å². The SMILES string of the molecule is CCCCCCCCCCCCCCCCC#CCCc1ccccc1/N=C(CCCCCC)/C(CCCCC)=N/c1cc(CCCCC)cc(CCCCC)c1.[Pd]. The van der Waals surface area contributed by atoms with Crippen LogP contribution in [-0.2, 0) is 39.7 Å². The van der Waals surface area contributed by atoms with E-state index in [0.717, 1.165) is 56.3 Å². The molecule has 2 rings (SSSR count). The molecule has 2 aromatic carbocycles. The molecule has 0 heterocycles. The van der Waals surface area contributed by atoms with Crippen molar-refractivity contribution >= 4 is 22.8 Å². The van der Waals surface area contributed by atoms with Gasteiger partial charge in [0.25, 0.3) is 0 Å². The molecule has 0 fully saturated rings. The second-order valence-electron chi connectivity index (χ2n) is 17.1. The third-order valence-electron chi connectivity index (χ3n) is 11.6. The quantitative estimate of drug-likeness (QED) is 0.0282. The minimum Gasteiger partial charge on any atom is -0.252 e. The molecule has 0 radical (unpaired) electrons. The first-order chi connectivity index (χ1) is 28.1. The molecule has 0 saturated carbocycles. The van der Waals surface area contributed by atoms with Crippen molar-refractivity contribution < 1.29 is 20.4 Å². The van der Waals surface area contributed by atoms with Crippen LogP contribution in [0.1, 0.15) is 250 Å². The molecule has 330 valence electrons. The van der Waals surface area contributed by atoms with E-state index in [0.29, 0.717) is 0 Å². The Morgan fingerprint density at radius 2 is 0.828 bits per heavy atom. The van der Waals surface area contributed by atoms with Gasteiger partial charge in [-0.2, -0.15) is 0 Å².